The molecule has 1 nitrogen and oxygen atoms in total. The van der Waals surface area contributed by atoms with Crippen molar-refractivity contribution in [2.45, 2.75) is 19.0 Å². The molecule has 0 radical (unpaired) electrons. The Labute approximate surface area is 92.7 Å². The van der Waals surface area contributed by atoms with Gasteiger partial charge in [0.15, 0.2) is 0 Å². The van der Waals surface area contributed by atoms with E-state index < -0.39 is 11.7 Å². The first-order valence-electron chi connectivity index (χ1n) is 5.43. The summed E-state index contributed by atoms with van der Waals surface area (Å²) in [6.07, 6.45) is -2.75. The van der Waals surface area contributed by atoms with Crippen LogP contribution in [0.2, 0.25) is 0 Å². The van der Waals surface area contributed by atoms with Crippen molar-refractivity contribution >= 4 is 0 Å². The molecule has 4 heteroatoms. The summed E-state index contributed by atoms with van der Waals surface area (Å²) in [6.45, 7) is 1.74. The number of hydrogen-bond donors (Lipinski definition) is 1. The third-order valence-electron chi connectivity index (χ3n) is 2.99. The molecule has 2 rings (SSSR count). The molecule has 0 unspecified atom stereocenters. The fourth-order valence-electron chi connectivity index (χ4n) is 2.17. The second-order valence-electron chi connectivity index (χ2n) is 4.22. The predicted octanol–water partition coefficient (Wildman–Crippen LogP) is 2.86. The van der Waals surface area contributed by atoms with Gasteiger partial charge in [-0.2, -0.15) is 13.2 Å². The predicted molar refractivity (Wildman–Crippen MR) is 56.1 cm³/mol. The molecule has 1 aromatic carbocycles. The Morgan fingerprint density at radius 3 is 2.62 bits per heavy atom. The lowest BCUT2D eigenvalue weighted by Gasteiger charge is -2.15. The van der Waals surface area contributed by atoms with Gasteiger partial charge in [-0.15, -0.1) is 0 Å². The van der Waals surface area contributed by atoms with Gasteiger partial charge in [0.05, 0.1) is 5.56 Å². The van der Waals surface area contributed by atoms with E-state index >= 15 is 0 Å². The smallest absolute Gasteiger partial charge is 0.316 e. The van der Waals surface area contributed by atoms with Crippen LogP contribution < -0.4 is 5.32 Å². The van der Waals surface area contributed by atoms with Crippen LogP contribution in [0.25, 0.3) is 0 Å². The molecule has 1 saturated heterocycles. The molecule has 0 amide bonds. The van der Waals surface area contributed by atoms with Gasteiger partial charge in [-0.3, -0.25) is 0 Å². The molecule has 1 heterocycles. The fraction of sp³-hybridized carbons (Fsp3) is 0.500. The van der Waals surface area contributed by atoms with E-state index in [1.807, 2.05) is 0 Å². The number of hydrogen-bond acceptors (Lipinski definition) is 1. The molecule has 1 fully saturated rings. The number of benzene rings is 1. The first-order valence-corrected chi connectivity index (χ1v) is 5.43. The standard InChI is InChI=1S/C12H14F3N/c13-12(14,15)11-4-2-1-3-10(11)7-9-5-6-16-8-9/h1-4,9,16H,5-8H2/t9-/m0/s1. The Morgan fingerprint density at radius 2 is 2.00 bits per heavy atom. The summed E-state index contributed by atoms with van der Waals surface area (Å²) in [7, 11) is 0. The molecule has 16 heavy (non-hydrogen) atoms. The van der Waals surface area contributed by atoms with E-state index in [9.17, 15) is 13.2 Å². The summed E-state index contributed by atoms with van der Waals surface area (Å²) < 4.78 is 38.1. The van der Waals surface area contributed by atoms with E-state index in [0.717, 1.165) is 25.6 Å². The van der Waals surface area contributed by atoms with Crippen molar-refractivity contribution < 1.29 is 13.2 Å². The number of alkyl halides is 3. The highest BCUT2D eigenvalue weighted by molar-refractivity contribution is 5.30. The molecule has 0 aliphatic carbocycles. The van der Waals surface area contributed by atoms with Gasteiger partial charge >= 0.3 is 6.18 Å². The molecule has 0 aromatic heterocycles. The van der Waals surface area contributed by atoms with Crippen LogP contribution in [0.3, 0.4) is 0 Å². The molecule has 1 atom stereocenters. The number of nitrogens with one attached hydrogen (secondary N) is 1. The van der Waals surface area contributed by atoms with Crippen molar-refractivity contribution in [2.75, 3.05) is 13.1 Å². The van der Waals surface area contributed by atoms with E-state index in [4.69, 9.17) is 0 Å². The zero-order valence-corrected chi connectivity index (χ0v) is 8.85. The summed E-state index contributed by atoms with van der Waals surface area (Å²) in [5.41, 5.74) is -0.0643. The maximum atomic E-state index is 12.7. The van der Waals surface area contributed by atoms with Crippen LogP contribution in [-0.2, 0) is 12.6 Å². The van der Waals surface area contributed by atoms with Crippen molar-refractivity contribution in [2.24, 2.45) is 5.92 Å². The average Bonchev–Trinajstić information content (AvgIpc) is 2.70. The molecule has 0 spiro atoms. The van der Waals surface area contributed by atoms with Crippen LogP contribution in [0.4, 0.5) is 13.2 Å². The third kappa shape index (κ3) is 2.55. The van der Waals surface area contributed by atoms with E-state index in [2.05, 4.69) is 5.32 Å². The van der Waals surface area contributed by atoms with Gasteiger partial charge < -0.3 is 5.32 Å². The number of halogens is 3. The second kappa shape index (κ2) is 4.45. The SMILES string of the molecule is FC(F)(F)c1ccccc1C[C@@H]1CCNC1. The summed E-state index contributed by atoms with van der Waals surface area (Å²) >= 11 is 0. The lowest BCUT2D eigenvalue weighted by molar-refractivity contribution is -0.138. The summed E-state index contributed by atoms with van der Waals surface area (Å²) in [5, 5.41) is 3.17. The minimum absolute atomic E-state index is 0.337. The minimum Gasteiger partial charge on any atom is -0.316 e. The molecular formula is C12H14F3N. The Hall–Kier alpha value is -1.03. The van der Waals surface area contributed by atoms with Crippen LogP contribution in [0.1, 0.15) is 17.5 Å². The maximum Gasteiger partial charge on any atom is 0.416 e. The van der Waals surface area contributed by atoms with Crippen molar-refractivity contribution in [3.63, 3.8) is 0 Å². The van der Waals surface area contributed by atoms with E-state index in [1.165, 1.54) is 6.07 Å². The van der Waals surface area contributed by atoms with Crippen LogP contribution in [0, 0.1) is 5.92 Å². The van der Waals surface area contributed by atoms with E-state index in [-0.39, 0.29) is 0 Å². The zero-order chi connectivity index (χ0) is 11.6. The normalized spacial score (nSPS) is 21.3. The van der Waals surface area contributed by atoms with Crippen LogP contribution in [0.15, 0.2) is 24.3 Å². The topological polar surface area (TPSA) is 12.0 Å². The summed E-state index contributed by atoms with van der Waals surface area (Å²) in [4.78, 5) is 0. The monoisotopic (exact) mass is 229 g/mol. The highest BCUT2D eigenvalue weighted by atomic mass is 19.4. The Morgan fingerprint density at radius 1 is 1.25 bits per heavy atom. The Balaban J connectivity index is 2.19. The molecule has 1 aromatic rings. The highest BCUT2D eigenvalue weighted by Crippen LogP contribution is 2.33. The van der Waals surface area contributed by atoms with Gasteiger partial charge in [0.1, 0.15) is 0 Å². The largest absolute Gasteiger partial charge is 0.416 e. The Kier molecular flexibility index (Phi) is 3.19. The van der Waals surface area contributed by atoms with Gasteiger partial charge in [0.2, 0.25) is 0 Å². The van der Waals surface area contributed by atoms with Crippen LogP contribution in [0.5, 0.6) is 0 Å². The lowest BCUT2D eigenvalue weighted by atomic mass is 9.95. The summed E-state index contributed by atoms with van der Waals surface area (Å²) in [5.74, 6) is 0.337. The van der Waals surface area contributed by atoms with E-state index in [0.29, 0.717) is 17.9 Å². The lowest BCUT2D eigenvalue weighted by Crippen LogP contribution is -2.14. The zero-order valence-electron chi connectivity index (χ0n) is 8.85. The van der Waals surface area contributed by atoms with Gasteiger partial charge in [0, 0.05) is 0 Å². The Bertz CT molecular complexity index is 354. The van der Waals surface area contributed by atoms with Gasteiger partial charge in [-0.25, -0.2) is 0 Å². The molecule has 1 N–H and O–H groups in total. The van der Waals surface area contributed by atoms with Crippen LogP contribution >= 0.6 is 0 Å². The first kappa shape index (κ1) is 11.5. The van der Waals surface area contributed by atoms with Gasteiger partial charge in [0.25, 0.3) is 0 Å². The van der Waals surface area contributed by atoms with Gasteiger partial charge in [-0.1, -0.05) is 18.2 Å². The highest BCUT2D eigenvalue weighted by Gasteiger charge is 2.33. The maximum absolute atomic E-state index is 12.7. The molecule has 1 aliphatic heterocycles. The first-order chi connectivity index (χ1) is 7.57. The quantitative estimate of drug-likeness (QED) is 0.822. The molecule has 88 valence electrons. The van der Waals surface area contributed by atoms with Crippen molar-refractivity contribution in [1.29, 1.82) is 0 Å². The molecular weight excluding hydrogens is 215 g/mol. The molecule has 1 aliphatic rings. The second-order valence-corrected chi connectivity index (χ2v) is 4.22. The van der Waals surface area contributed by atoms with Crippen molar-refractivity contribution in [1.82, 2.24) is 5.32 Å². The van der Waals surface area contributed by atoms with Crippen molar-refractivity contribution in [3.8, 4) is 0 Å². The van der Waals surface area contributed by atoms with Crippen LogP contribution in [-0.4, -0.2) is 13.1 Å². The summed E-state index contributed by atoms with van der Waals surface area (Å²) in [6, 6.07) is 5.87. The van der Waals surface area contributed by atoms with Gasteiger partial charge in [-0.05, 0) is 43.5 Å². The fourth-order valence-corrected chi connectivity index (χ4v) is 2.17. The van der Waals surface area contributed by atoms with E-state index in [1.54, 1.807) is 12.1 Å². The number of rotatable bonds is 2. The minimum atomic E-state index is -4.23. The molecule has 0 bridgehead atoms. The average molecular weight is 229 g/mol. The van der Waals surface area contributed by atoms with Crippen molar-refractivity contribution in [3.05, 3.63) is 35.4 Å². The molecule has 0 saturated carbocycles. The third-order valence-corrected chi connectivity index (χ3v) is 2.99.